The molecule has 0 saturated heterocycles. The van der Waals surface area contributed by atoms with E-state index >= 15 is 0 Å². The maximum atomic E-state index is 6.30. The van der Waals surface area contributed by atoms with Gasteiger partial charge in [0, 0.05) is 21.7 Å². The van der Waals surface area contributed by atoms with Crippen LogP contribution in [-0.2, 0) is 6.42 Å². The van der Waals surface area contributed by atoms with Crippen LogP contribution >= 0.6 is 23.2 Å². The third-order valence-electron chi connectivity index (χ3n) is 3.42. The maximum absolute atomic E-state index is 6.30. The number of ether oxygens (including phenoxy) is 1. The standard InChI is InChI=1S/C17H19Cl2NO/c1-3-12(20)10-14-16(19)5-4-6-17(14)21-13-7-8-15(18)11(2)9-13/h4-9,12H,3,10,20H2,1-2H3. The number of aryl methyl sites for hydroxylation is 1. The second-order valence-corrected chi connectivity index (χ2v) is 5.92. The van der Waals surface area contributed by atoms with Crippen LogP contribution in [0.5, 0.6) is 11.5 Å². The summed E-state index contributed by atoms with van der Waals surface area (Å²) < 4.78 is 5.97. The fourth-order valence-electron chi connectivity index (χ4n) is 2.05. The van der Waals surface area contributed by atoms with Gasteiger partial charge in [0.25, 0.3) is 0 Å². The summed E-state index contributed by atoms with van der Waals surface area (Å²) in [5, 5.41) is 1.41. The summed E-state index contributed by atoms with van der Waals surface area (Å²) in [6.45, 7) is 4.01. The molecular formula is C17H19Cl2NO. The van der Waals surface area contributed by atoms with Crippen LogP contribution in [0.25, 0.3) is 0 Å². The molecule has 0 saturated carbocycles. The van der Waals surface area contributed by atoms with Gasteiger partial charge in [0.05, 0.1) is 0 Å². The van der Waals surface area contributed by atoms with E-state index in [0.29, 0.717) is 11.4 Å². The van der Waals surface area contributed by atoms with E-state index in [1.165, 1.54) is 0 Å². The van der Waals surface area contributed by atoms with Crippen LogP contribution in [0.3, 0.4) is 0 Å². The number of hydrogen-bond acceptors (Lipinski definition) is 2. The Hall–Kier alpha value is -1.22. The topological polar surface area (TPSA) is 35.2 Å². The Kier molecular flexibility index (Phi) is 5.51. The molecule has 1 unspecified atom stereocenters. The summed E-state index contributed by atoms with van der Waals surface area (Å²) in [6.07, 6.45) is 1.59. The highest BCUT2D eigenvalue weighted by Crippen LogP contribution is 2.32. The molecule has 0 spiro atoms. The van der Waals surface area contributed by atoms with E-state index in [1.807, 2.05) is 43.3 Å². The molecule has 112 valence electrons. The van der Waals surface area contributed by atoms with Gasteiger partial charge in [-0.1, -0.05) is 36.2 Å². The molecule has 4 heteroatoms. The van der Waals surface area contributed by atoms with E-state index in [2.05, 4.69) is 6.92 Å². The maximum Gasteiger partial charge on any atom is 0.132 e. The Balaban J connectivity index is 2.30. The summed E-state index contributed by atoms with van der Waals surface area (Å²) in [4.78, 5) is 0. The van der Waals surface area contributed by atoms with Crippen molar-refractivity contribution in [3.8, 4) is 11.5 Å². The predicted molar refractivity (Wildman–Crippen MR) is 89.7 cm³/mol. The normalized spacial score (nSPS) is 12.2. The molecule has 2 aromatic carbocycles. The van der Waals surface area contributed by atoms with Crippen molar-refractivity contribution in [2.45, 2.75) is 32.7 Å². The van der Waals surface area contributed by atoms with Gasteiger partial charge in [-0.2, -0.15) is 0 Å². The van der Waals surface area contributed by atoms with Gasteiger partial charge in [-0.3, -0.25) is 0 Å². The van der Waals surface area contributed by atoms with Crippen molar-refractivity contribution >= 4 is 23.2 Å². The first kappa shape index (κ1) is 16.2. The van der Waals surface area contributed by atoms with Crippen molar-refractivity contribution in [1.29, 1.82) is 0 Å². The fraction of sp³-hybridized carbons (Fsp3) is 0.294. The predicted octanol–water partition coefficient (Wildman–Crippen LogP) is 5.37. The van der Waals surface area contributed by atoms with Crippen LogP contribution in [0.4, 0.5) is 0 Å². The van der Waals surface area contributed by atoms with Gasteiger partial charge < -0.3 is 10.5 Å². The molecule has 21 heavy (non-hydrogen) atoms. The zero-order valence-corrected chi connectivity index (χ0v) is 13.7. The molecular weight excluding hydrogens is 305 g/mol. The van der Waals surface area contributed by atoms with E-state index in [1.54, 1.807) is 0 Å². The summed E-state index contributed by atoms with van der Waals surface area (Å²) in [6, 6.07) is 11.3. The van der Waals surface area contributed by atoms with E-state index in [4.69, 9.17) is 33.7 Å². The Morgan fingerprint density at radius 2 is 1.90 bits per heavy atom. The summed E-state index contributed by atoms with van der Waals surface area (Å²) >= 11 is 12.3. The van der Waals surface area contributed by atoms with E-state index < -0.39 is 0 Å². The molecule has 2 N–H and O–H groups in total. The number of halogens is 2. The lowest BCUT2D eigenvalue weighted by atomic mass is 10.0. The average molecular weight is 324 g/mol. The Labute approximate surface area is 135 Å². The lowest BCUT2D eigenvalue weighted by molar-refractivity contribution is 0.472. The molecule has 0 heterocycles. The quantitative estimate of drug-likeness (QED) is 0.802. The molecule has 0 bridgehead atoms. The van der Waals surface area contributed by atoms with Crippen LogP contribution in [0, 0.1) is 6.92 Å². The third kappa shape index (κ3) is 4.13. The van der Waals surface area contributed by atoms with Crippen LogP contribution < -0.4 is 10.5 Å². The monoisotopic (exact) mass is 323 g/mol. The van der Waals surface area contributed by atoms with Gasteiger partial charge in [0.15, 0.2) is 0 Å². The molecule has 2 rings (SSSR count). The van der Waals surface area contributed by atoms with Gasteiger partial charge in [0.2, 0.25) is 0 Å². The second kappa shape index (κ2) is 7.17. The van der Waals surface area contributed by atoms with Crippen LogP contribution in [0.1, 0.15) is 24.5 Å². The SMILES string of the molecule is CCC(N)Cc1c(Cl)cccc1Oc1ccc(Cl)c(C)c1. The summed E-state index contributed by atoms with van der Waals surface area (Å²) in [7, 11) is 0. The summed E-state index contributed by atoms with van der Waals surface area (Å²) in [5.41, 5.74) is 7.97. The molecule has 0 aliphatic heterocycles. The first-order valence-corrected chi connectivity index (χ1v) is 7.73. The molecule has 0 amide bonds. The minimum absolute atomic E-state index is 0.0687. The van der Waals surface area contributed by atoms with E-state index in [9.17, 15) is 0 Å². The first-order chi connectivity index (χ1) is 10.0. The minimum Gasteiger partial charge on any atom is -0.457 e. The highest BCUT2D eigenvalue weighted by Gasteiger charge is 2.13. The lowest BCUT2D eigenvalue weighted by Gasteiger charge is -2.16. The van der Waals surface area contributed by atoms with Crippen molar-refractivity contribution in [3.05, 3.63) is 57.6 Å². The number of hydrogen-bond donors (Lipinski definition) is 1. The molecule has 2 nitrogen and oxygen atoms in total. The lowest BCUT2D eigenvalue weighted by Crippen LogP contribution is -2.21. The highest BCUT2D eigenvalue weighted by molar-refractivity contribution is 6.31. The van der Waals surface area contributed by atoms with Crippen molar-refractivity contribution in [2.75, 3.05) is 0 Å². The summed E-state index contributed by atoms with van der Waals surface area (Å²) in [5.74, 6) is 1.48. The number of benzene rings is 2. The van der Waals surface area contributed by atoms with Gasteiger partial charge in [-0.15, -0.1) is 0 Å². The number of rotatable bonds is 5. The molecule has 0 aliphatic carbocycles. The van der Waals surface area contributed by atoms with Crippen molar-refractivity contribution in [3.63, 3.8) is 0 Å². The minimum atomic E-state index is 0.0687. The third-order valence-corrected chi connectivity index (χ3v) is 4.20. The first-order valence-electron chi connectivity index (χ1n) is 6.98. The zero-order valence-electron chi connectivity index (χ0n) is 12.2. The Morgan fingerprint density at radius 3 is 2.57 bits per heavy atom. The zero-order chi connectivity index (χ0) is 15.4. The van der Waals surface area contributed by atoms with Crippen LogP contribution in [0.15, 0.2) is 36.4 Å². The van der Waals surface area contributed by atoms with Crippen LogP contribution in [0.2, 0.25) is 10.0 Å². The van der Waals surface area contributed by atoms with E-state index in [0.717, 1.165) is 34.1 Å². The van der Waals surface area contributed by atoms with Crippen LogP contribution in [-0.4, -0.2) is 6.04 Å². The largest absolute Gasteiger partial charge is 0.457 e. The Bertz CT molecular complexity index is 628. The molecule has 0 aliphatic rings. The average Bonchev–Trinajstić information content (AvgIpc) is 2.46. The van der Waals surface area contributed by atoms with Crippen molar-refractivity contribution in [1.82, 2.24) is 0 Å². The smallest absolute Gasteiger partial charge is 0.132 e. The van der Waals surface area contributed by atoms with Crippen molar-refractivity contribution < 1.29 is 4.74 Å². The molecule has 1 atom stereocenters. The van der Waals surface area contributed by atoms with Gasteiger partial charge in [-0.05, 0) is 55.7 Å². The Morgan fingerprint density at radius 1 is 1.14 bits per heavy atom. The second-order valence-electron chi connectivity index (χ2n) is 5.10. The highest BCUT2D eigenvalue weighted by atomic mass is 35.5. The van der Waals surface area contributed by atoms with Gasteiger partial charge in [0.1, 0.15) is 11.5 Å². The van der Waals surface area contributed by atoms with Crippen molar-refractivity contribution in [2.24, 2.45) is 5.73 Å². The molecule has 2 aromatic rings. The molecule has 0 radical (unpaired) electrons. The number of nitrogens with two attached hydrogens (primary N) is 1. The van der Waals surface area contributed by atoms with E-state index in [-0.39, 0.29) is 6.04 Å². The molecule has 0 fully saturated rings. The van der Waals surface area contributed by atoms with Gasteiger partial charge in [-0.25, -0.2) is 0 Å². The fourth-order valence-corrected chi connectivity index (χ4v) is 2.41. The molecule has 0 aromatic heterocycles. The van der Waals surface area contributed by atoms with Gasteiger partial charge >= 0.3 is 0 Å².